The molecule has 1 amide bonds. The lowest BCUT2D eigenvalue weighted by atomic mass is 10.2. The van der Waals surface area contributed by atoms with E-state index >= 15 is 0 Å². The first-order valence-corrected chi connectivity index (χ1v) is 7.06. The number of carbonyl (C=O) groups is 1. The Bertz CT molecular complexity index is 629. The van der Waals surface area contributed by atoms with E-state index in [2.05, 4.69) is 10.3 Å². The van der Waals surface area contributed by atoms with Crippen LogP contribution in [0.15, 0.2) is 30.5 Å². The van der Waals surface area contributed by atoms with E-state index in [-0.39, 0.29) is 30.7 Å². The third-order valence-corrected chi connectivity index (χ3v) is 3.58. The van der Waals surface area contributed by atoms with Gasteiger partial charge < -0.3 is 14.8 Å². The molecule has 1 N–H and O–H groups in total. The molecule has 2 heterocycles. The van der Waals surface area contributed by atoms with E-state index in [9.17, 15) is 4.79 Å². The summed E-state index contributed by atoms with van der Waals surface area (Å²) in [5, 5.41) is 3.05. The number of nitrogens with one attached hydrogen (secondary N) is 1. The van der Waals surface area contributed by atoms with E-state index < -0.39 is 0 Å². The van der Waals surface area contributed by atoms with Gasteiger partial charge in [-0.2, -0.15) is 0 Å². The van der Waals surface area contributed by atoms with Gasteiger partial charge in [0.2, 0.25) is 0 Å². The van der Waals surface area contributed by atoms with Crippen LogP contribution in [0, 0.1) is 13.8 Å². The standard InChI is InChI=1S/C16H22N4O.2ClH/c1-12-11-14(16(21)19(4)10-9-17-3)13(2)20(12)15-7-5-6-8-18-15;;/h5-8,11,17H,9-10H2,1-4H3;2*1H. The molecule has 0 unspecified atom stereocenters. The minimum Gasteiger partial charge on any atom is -0.340 e. The average molecular weight is 359 g/mol. The zero-order valence-electron chi connectivity index (χ0n) is 13.9. The fourth-order valence-electron chi connectivity index (χ4n) is 2.40. The van der Waals surface area contributed by atoms with Crippen LogP contribution < -0.4 is 5.32 Å². The quantitative estimate of drug-likeness (QED) is 0.893. The predicted octanol–water partition coefficient (Wildman–Crippen LogP) is 2.62. The summed E-state index contributed by atoms with van der Waals surface area (Å²) >= 11 is 0. The van der Waals surface area contributed by atoms with E-state index in [1.165, 1.54) is 0 Å². The Morgan fingerprint density at radius 3 is 2.57 bits per heavy atom. The van der Waals surface area contributed by atoms with Gasteiger partial charge in [-0.3, -0.25) is 4.79 Å². The van der Waals surface area contributed by atoms with Crippen molar-refractivity contribution >= 4 is 30.7 Å². The number of likely N-dealkylation sites (N-methyl/N-ethyl adjacent to an activating group) is 2. The van der Waals surface area contributed by atoms with Crippen molar-refractivity contribution in [3.63, 3.8) is 0 Å². The monoisotopic (exact) mass is 358 g/mol. The summed E-state index contributed by atoms with van der Waals surface area (Å²) in [7, 11) is 3.71. The first kappa shape index (κ1) is 21.4. The van der Waals surface area contributed by atoms with Gasteiger partial charge in [-0.15, -0.1) is 24.8 Å². The Balaban J connectivity index is 0.00000242. The number of rotatable bonds is 5. The van der Waals surface area contributed by atoms with Crippen molar-refractivity contribution in [1.82, 2.24) is 19.8 Å². The SMILES string of the molecule is CNCCN(C)C(=O)c1cc(C)n(-c2ccccn2)c1C.Cl.Cl. The van der Waals surface area contributed by atoms with Crippen LogP contribution in [0.5, 0.6) is 0 Å². The largest absolute Gasteiger partial charge is 0.340 e. The van der Waals surface area contributed by atoms with Gasteiger partial charge in [0.1, 0.15) is 5.82 Å². The third kappa shape index (κ3) is 4.70. The number of hydrogen-bond acceptors (Lipinski definition) is 3. The molecule has 23 heavy (non-hydrogen) atoms. The first-order valence-electron chi connectivity index (χ1n) is 7.06. The Morgan fingerprint density at radius 1 is 1.30 bits per heavy atom. The highest BCUT2D eigenvalue weighted by Gasteiger charge is 2.19. The van der Waals surface area contributed by atoms with Gasteiger partial charge in [0.05, 0.1) is 5.56 Å². The molecule has 2 aromatic heterocycles. The molecule has 0 fully saturated rings. The molecule has 128 valence electrons. The number of amides is 1. The maximum Gasteiger partial charge on any atom is 0.255 e. The summed E-state index contributed by atoms with van der Waals surface area (Å²) < 4.78 is 2.01. The van der Waals surface area contributed by atoms with Crippen LogP contribution in [-0.2, 0) is 0 Å². The molecule has 7 heteroatoms. The van der Waals surface area contributed by atoms with Gasteiger partial charge in [0, 0.05) is 37.7 Å². The molecule has 0 atom stereocenters. The molecule has 0 bridgehead atoms. The predicted molar refractivity (Wildman–Crippen MR) is 98.4 cm³/mol. The summed E-state index contributed by atoms with van der Waals surface area (Å²) in [6.07, 6.45) is 1.76. The summed E-state index contributed by atoms with van der Waals surface area (Å²) in [6.45, 7) is 5.41. The second-order valence-electron chi connectivity index (χ2n) is 5.14. The molecular formula is C16H24Cl2N4O. The van der Waals surface area contributed by atoms with Gasteiger partial charge >= 0.3 is 0 Å². The van der Waals surface area contributed by atoms with E-state index in [1.54, 1.807) is 11.1 Å². The van der Waals surface area contributed by atoms with Gasteiger partial charge in [-0.25, -0.2) is 4.98 Å². The van der Waals surface area contributed by atoms with Gasteiger partial charge in [-0.05, 0) is 39.1 Å². The molecule has 2 rings (SSSR count). The van der Waals surface area contributed by atoms with Crippen LogP contribution in [0.1, 0.15) is 21.7 Å². The minimum absolute atomic E-state index is 0. The van der Waals surface area contributed by atoms with Crippen LogP contribution in [0.4, 0.5) is 0 Å². The van der Waals surface area contributed by atoms with Crippen LogP contribution in [0.25, 0.3) is 5.82 Å². The van der Waals surface area contributed by atoms with Crippen LogP contribution in [-0.4, -0.2) is 47.5 Å². The lowest BCUT2D eigenvalue weighted by molar-refractivity contribution is 0.0796. The fourth-order valence-corrected chi connectivity index (χ4v) is 2.40. The fraction of sp³-hybridized carbons (Fsp3) is 0.375. The maximum absolute atomic E-state index is 12.5. The number of aryl methyl sites for hydroxylation is 1. The summed E-state index contributed by atoms with van der Waals surface area (Å²) in [5.74, 6) is 0.880. The Hall–Kier alpha value is -1.56. The molecule has 0 aliphatic rings. The van der Waals surface area contributed by atoms with Gasteiger partial charge in [-0.1, -0.05) is 6.07 Å². The van der Waals surface area contributed by atoms with Crippen LogP contribution in [0.3, 0.4) is 0 Å². The van der Waals surface area contributed by atoms with Crippen molar-refractivity contribution in [1.29, 1.82) is 0 Å². The van der Waals surface area contributed by atoms with E-state index in [0.717, 1.165) is 29.3 Å². The van der Waals surface area contributed by atoms with Crippen molar-refractivity contribution in [2.24, 2.45) is 0 Å². The molecule has 0 radical (unpaired) electrons. The molecule has 0 saturated heterocycles. The Morgan fingerprint density at radius 2 is 2.00 bits per heavy atom. The molecular weight excluding hydrogens is 335 g/mol. The molecule has 2 aromatic rings. The van der Waals surface area contributed by atoms with Crippen molar-refractivity contribution < 1.29 is 4.79 Å². The highest BCUT2D eigenvalue weighted by atomic mass is 35.5. The highest BCUT2D eigenvalue weighted by molar-refractivity contribution is 5.95. The van der Waals surface area contributed by atoms with Crippen LogP contribution in [0.2, 0.25) is 0 Å². The number of pyridine rings is 1. The normalized spacial score (nSPS) is 9.74. The number of halogens is 2. The summed E-state index contributed by atoms with van der Waals surface area (Å²) in [6, 6.07) is 7.71. The second-order valence-corrected chi connectivity index (χ2v) is 5.14. The molecule has 0 saturated carbocycles. The number of nitrogens with zero attached hydrogens (tertiary/aromatic N) is 3. The van der Waals surface area contributed by atoms with Crippen LogP contribution >= 0.6 is 24.8 Å². The first-order chi connectivity index (χ1) is 10.1. The zero-order chi connectivity index (χ0) is 15.4. The molecule has 0 spiro atoms. The zero-order valence-corrected chi connectivity index (χ0v) is 15.5. The third-order valence-electron chi connectivity index (χ3n) is 3.58. The Kier molecular flexibility index (Phi) is 8.90. The van der Waals surface area contributed by atoms with Crippen molar-refractivity contribution in [3.8, 4) is 5.82 Å². The van der Waals surface area contributed by atoms with Gasteiger partial charge in [0.15, 0.2) is 0 Å². The lowest BCUT2D eigenvalue weighted by Gasteiger charge is -2.17. The van der Waals surface area contributed by atoms with Crippen molar-refractivity contribution in [3.05, 3.63) is 47.4 Å². The van der Waals surface area contributed by atoms with E-state index in [4.69, 9.17) is 0 Å². The number of carbonyl (C=O) groups excluding carboxylic acids is 1. The maximum atomic E-state index is 12.5. The van der Waals surface area contributed by atoms with Crippen molar-refractivity contribution in [2.45, 2.75) is 13.8 Å². The summed E-state index contributed by atoms with van der Waals surface area (Å²) in [5.41, 5.74) is 2.67. The molecule has 5 nitrogen and oxygen atoms in total. The lowest BCUT2D eigenvalue weighted by Crippen LogP contribution is -2.33. The summed E-state index contributed by atoms with van der Waals surface area (Å²) in [4.78, 5) is 18.6. The molecule has 0 aromatic carbocycles. The van der Waals surface area contributed by atoms with E-state index in [1.807, 2.05) is 56.8 Å². The molecule has 0 aliphatic heterocycles. The molecule has 0 aliphatic carbocycles. The smallest absolute Gasteiger partial charge is 0.255 e. The number of hydrogen-bond donors (Lipinski definition) is 1. The Labute approximate surface area is 149 Å². The van der Waals surface area contributed by atoms with E-state index in [0.29, 0.717) is 6.54 Å². The second kappa shape index (κ2) is 9.55. The topological polar surface area (TPSA) is 50.2 Å². The minimum atomic E-state index is 0. The van der Waals surface area contributed by atoms with Crippen molar-refractivity contribution in [2.75, 3.05) is 27.2 Å². The van der Waals surface area contributed by atoms with Gasteiger partial charge in [0.25, 0.3) is 5.91 Å². The highest BCUT2D eigenvalue weighted by Crippen LogP contribution is 2.20. The number of aromatic nitrogens is 2. The average Bonchev–Trinajstić information content (AvgIpc) is 2.79.